The minimum atomic E-state index is -0.136. The van der Waals surface area contributed by atoms with E-state index in [1.807, 2.05) is 43.3 Å². The third-order valence-electron chi connectivity index (χ3n) is 2.94. The first-order valence-corrected chi connectivity index (χ1v) is 6.07. The fraction of sp³-hybridized carbons (Fsp3) is 0.143. The molecule has 0 aliphatic carbocycles. The highest BCUT2D eigenvalue weighted by Gasteiger charge is 2.15. The number of hydrazine groups is 1. The lowest BCUT2D eigenvalue weighted by Gasteiger charge is -2.19. The molecule has 94 valence electrons. The smallest absolute Gasteiger partial charge is 0.0730 e. The van der Waals surface area contributed by atoms with Gasteiger partial charge in [-0.2, -0.15) is 0 Å². The Balaban J connectivity index is 2.41. The Bertz CT molecular complexity index is 537. The van der Waals surface area contributed by atoms with Gasteiger partial charge in [0.05, 0.1) is 6.04 Å². The summed E-state index contributed by atoms with van der Waals surface area (Å²) in [6.07, 6.45) is 0. The van der Waals surface area contributed by atoms with Gasteiger partial charge in [-0.1, -0.05) is 47.5 Å². The fourth-order valence-electron chi connectivity index (χ4n) is 1.93. The summed E-state index contributed by atoms with van der Waals surface area (Å²) in [6, 6.07) is 13.5. The molecule has 0 fully saturated rings. The third kappa shape index (κ3) is 2.64. The molecule has 1 unspecified atom stereocenters. The predicted molar refractivity (Wildman–Crippen MR) is 76.2 cm³/mol. The lowest BCUT2D eigenvalue weighted by atomic mass is 9.97. The minimum Gasteiger partial charge on any atom is -0.398 e. The molecule has 2 rings (SSSR count). The number of nitrogens with one attached hydrogen (secondary N) is 1. The average Bonchev–Trinajstić information content (AvgIpc) is 2.35. The van der Waals surface area contributed by atoms with Gasteiger partial charge in [0, 0.05) is 10.7 Å². The van der Waals surface area contributed by atoms with E-state index >= 15 is 0 Å². The number of nitrogen functional groups attached to an aromatic ring is 1. The number of rotatable bonds is 3. The molecule has 2 aromatic rings. The SMILES string of the molecule is Cc1ccc(C(NN)c2ccc(Cl)cc2N)cc1. The number of anilines is 1. The quantitative estimate of drug-likeness (QED) is 0.452. The van der Waals surface area contributed by atoms with Crippen LogP contribution >= 0.6 is 11.6 Å². The monoisotopic (exact) mass is 261 g/mol. The molecule has 0 spiro atoms. The average molecular weight is 262 g/mol. The Morgan fingerprint density at radius 3 is 2.33 bits per heavy atom. The van der Waals surface area contributed by atoms with Crippen LogP contribution in [0.4, 0.5) is 5.69 Å². The summed E-state index contributed by atoms with van der Waals surface area (Å²) in [5.74, 6) is 5.64. The highest BCUT2D eigenvalue weighted by Crippen LogP contribution is 2.28. The lowest BCUT2D eigenvalue weighted by Crippen LogP contribution is -2.29. The van der Waals surface area contributed by atoms with E-state index in [1.165, 1.54) is 5.56 Å². The van der Waals surface area contributed by atoms with Gasteiger partial charge in [0.1, 0.15) is 0 Å². The van der Waals surface area contributed by atoms with E-state index in [-0.39, 0.29) is 6.04 Å². The zero-order chi connectivity index (χ0) is 13.1. The molecule has 0 heterocycles. The molecule has 0 saturated carbocycles. The van der Waals surface area contributed by atoms with Crippen LogP contribution in [0.25, 0.3) is 0 Å². The van der Waals surface area contributed by atoms with Gasteiger partial charge in [-0.3, -0.25) is 5.84 Å². The molecule has 4 heteroatoms. The van der Waals surface area contributed by atoms with Crippen molar-refractivity contribution in [3.05, 3.63) is 64.2 Å². The molecule has 2 aromatic carbocycles. The molecule has 0 aromatic heterocycles. The third-order valence-corrected chi connectivity index (χ3v) is 3.17. The van der Waals surface area contributed by atoms with Gasteiger partial charge in [0.25, 0.3) is 0 Å². The molecular weight excluding hydrogens is 246 g/mol. The molecular formula is C14H16ClN3. The maximum Gasteiger partial charge on any atom is 0.0730 e. The first-order chi connectivity index (χ1) is 8.61. The Hall–Kier alpha value is -1.55. The maximum atomic E-state index is 5.99. The van der Waals surface area contributed by atoms with E-state index in [1.54, 1.807) is 6.07 Å². The Morgan fingerprint density at radius 1 is 1.11 bits per heavy atom. The van der Waals surface area contributed by atoms with Crippen molar-refractivity contribution in [1.82, 2.24) is 5.43 Å². The summed E-state index contributed by atoms with van der Waals surface area (Å²) in [7, 11) is 0. The van der Waals surface area contributed by atoms with Gasteiger partial charge < -0.3 is 5.73 Å². The van der Waals surface area contributed by atoms with E-state index in [2.05, 4.69) is 5.43 Å². The van der Waals surface area contributed by atoms with E-state index in [9.17, 15) is 0 Å². The van der Waals surface area contributed by atoms with Gasteiger partial charge >= 0.3 is 0 Å². The van der Waals surface area contributed by atoms with Crippen LogP contribution in [0.3, 0.4) is 0 Å². The van der Waals surface area contributed by atoms with Crippen LogP contribution in [0.15, 0.2) is 42.5 Å². The molecule has 5 N–H and O–H groups in total. The molecule has 0 saturated heterocycles. The highest BCUT2D eigenvalue weighted by molar-refractivity contribution is 6.30. The number of hydrogen-bond donors (Lipinski definition) is 3. The Morgan fingerprint density at radius 2 is 1.78 bits per heavy atom. The van der Waals surface area contributed by atoms with Crippen LogP contribution < -0.4 is 17.0 Å². The second kappa shape index (κ2) is 5.40. The minimum absolute atomic E-state index is 0.136. The fourth-order valence-corrected chi connectivity index (χ4v) is 2.11. The number of benzene rings is 2. The van der Waals surface area contributed by atoms with Crippen molar-refractivity contribution < 1.29 is 0 Å². The Labute approximate surface area is 112 Å². The molecule has 18 heavy (non-hydrogen) atoms. The van der Waals surface area contributed by atoms with E-state index < -0.39 is 0 Å². The molecule has 0 radical (unpaired) electrons. The number of halogens is 1. The number of hydrogen-bond acceptors (Lipinski definition) is 3. The largest absolute Gasteiger partial charge is 0.398 e. The zero-order valence-corrected chi connectivity index (χ0v) is 10.9. The molecule has 1 atom stereocenters. The Kier molecular flexibility index (Phi) is 3.87. The molecule has 3 nitrogen and oxygen atoms in total. The molecule has 0 amide bonds. The van der Waals surface area contributed by atoms with Crippen molar-refractivity contribution in [2.75, 3.05) is 5.73 Å². The van der Waals surface area contributed by atoms with Crippen LogP contribution in [0.1, 0.15) is 22.7 Å². The molecule has 0 aliphatic rings. The van der Waals surface area contributed by atoms with Crippen molar-refractivity contribution in [1.29, 1.82) is 0 Å². The van der Waals surface area contributed by atoms with Crippen molar-refractivity contribution >= 4 is 17.3 Å². The first kappa shape index (κ1) is 12.9. The first-order valence-electron chi connectivity index (χ1n) is 5.69. The van der Waals surface area contributed by atoms with E-state index in [4.69, 9.17) is 23.2 Å². The van der Waals surface area contributed by atoms with Crippen molar-refractivity contribution in [3.8, 4) is 0 Å². The van der Waals surface area contributed by atoms with E-state index in [0.717, 1.165) is 11.1 Å². The van der Waals surface area contributed by atoms with E-state index in [0.29, 0.717) is 10.7 Å². The van der Waals surface area contributed by atoms with Crippen molar-refractivity contribution in [2.45, 2.75) is 13.0 Å². The van der Waals surface area contributed by atoms with Crippen LogP contribution in [0.5, 0.6) is 0 Å². The highest BCUT2D eigenvalue weighted by atomic mass is 35.5. The summed E-state index contributed by atoms with van der Waals surface area (Å²) in [4.78, 5) is 0. The maximum absolute atomic E-state index is 5.99. The summed E-state index contributed by atoms with van der Waals surface area (Å²) in [5.41, 5.74) is 12.6. The predicted octanol–water partition coefficient (Wildman–Crippen LogP) is 2.78. The summed E-state index contributed by atoms with van der Waals surface area (Å²) in [6.45, 7) is 2.05. The van der Waals surface area contributed by atoms with Gasteiger partial charge in [0.15, 0.2) is 0 Å². The van der Waals surface area contributed by atoms with Crippen LogP contribution in [-0.4, -0.2) is 0 Å². The van der Waals surface area contributed by atoms with Crippen LogP contribution in [0.2, 0.25) is 5.02 Å². The van der Waals surface area contributed by atoms with Gasteiger partial charge in [-0.25, -0.2) is 5.43 Å². The van der Waals surface area contributed by atoms with Gasteiger partial charge in [-0.15, -0.1) is 0 Å². The van der Waals surface area contributed by atoms with Crippen molar-refractivity contribution in [3.63, 3.8) is 0 Å². The second-order valence-electron chi connectivity index (χ2n) is 4.28. The zero-order valence-electron chi connectivity index (χ0n) is 10.2. The number of nitrogens with two attached hydrogens (primary N) is 2. The standard InChI is InChI=1S/C14H16ClN3/c1-9-2-4-10(5-3-9)14(18-17)12-7-6-11(15)8-13(12)16/h2-8,14,18H,16-17H2,1H3. The van der Waals surface area contributed by atoms with Gasteiger partial charge in [-0.05, 0) is 30.2 Å². The normalized spacial score (nSPS) is 12.4. The second-order valence-corrected chi connectivity index (χ2v) is 4.72. The summed E-state index contributed by atoms with van der Waals surface area (Å²) >= 11 is 5.90. The summed E-state index contributed by atoms with van der Waals surface area (Å²) in [5, 5.41) is 0.621. The topological polar surface area (TPSA) is 64.1 Å². The van der Waals surface area contributed by atoms with Crippen LogP contribution in [-0.2, 0) is 0 Å². The van der Waals surface area contributed by atoms with Crippen molar-refractivity contribution in [2.24, 2.45) is 5.84 Å². The lowest BCUT2D eigenvalue weighted by molar-refractivity contribution is 0.638. The molecule has 0 bridgehead atoms. The molecule has 0 aliphatic heterocycles. The van der Waals surface area contributed by atoms with Crippen LogP contribution in [0, 0.1) is 6.92 Å². The van der Waals surface area contributed by atoms with Gasteiger partial charge in [0.2, 0.25) is 0 Å². The number of aryl methyl sites for hydroxylation is 1. The summed E-state index contributed by atoms with van der Waals surface area (Å²) < 4.78 is 0.